The van der Waals surface area contributed by atoms with Crippen molar-refractivity contribution in [3.8, 4) is 0 Å². The van der Waals surface area contributed by atoms with Crippen molar-refractivity contribution < 1.29 is 24.2 Å². The highest BCUT2D eigenvalue weighted by molar-refractivity contribution is 5.86. The lowest BCUT2D eigenvalue weighted by atomic mass is 10.2. The van der Waals surface area contributed by atoms with E-state index in [-0.39, 0.29) is 19.8 Å². The standard InChI is InChI=1S/C20H24N2O5/c21-17(13-26-11-15-7-3-1-4-8-15)19(23)22-18(20(24)25)14-27-12-16-9-5-2-6-10-16/h1-10,17-18H,11-14,21H2,(H,22,23)(H,24,25)/t17-,18-/m0/s1. The summed E-state index contributed by atoms with van der Waals surface area (Å²) in [5, 5.41) is 11.6. The van der Waals surface area contributed by atoms with Crippen LogP contribution in [-0.4, -0.2) is 42.3 Å². The summed E-state index contributed by atoms with van der Waals surface area (Å²) in [7, 11) is 0. The smallest absolute Gasteiger partial charge is 0.328 e. The van der Waals surface area contributed by atoms with E-state index in [1.807, 2.05) is 60.7 Å². The van der Waals surface area contributed by atoms with E-state index in [0.29, 0.717) is 6.61 Å². The van der Waals surface area contributed by atoms with Crippen LogP contribution < -0.4 is 11.1 Å². The zero-order chi connectivity index (χ0) is 19.5. The molecule has 2 aromatic carbocycles. The number of hydrogen-bond acceptors (Lipinski definition) is 5. The Hall–Kier alpha value is -2.74. The maximum absolute atomic E-state index is 12.1. The Morgan fingerprint density at radius 1 is 0.889 bits per heavy atom. The molecule has 1 amide bonds. The monoisotopic (exact) mass is 372 g/mol. The van der Waals surface area contributed by atoms with Gasteiger partial charge in [-0.3, -0.25) is 4.79 Å². The predicted octanol–water partition coefficient (Wildman–Crippen LogP) is 1.32. The fourth-order valence-corrected chi connectivity index (χ4v) is 2.28. The molecule has 0 aliphatic rings. The third kappa shape index (κ3) is 7.57. The lowest BCUT2D eigenvalue weighted by Crippen LogP contribution is -2.51. The largest absolute Gasteiger partial charge is 0.480 e. The molecule has 0 saturated carbocycles. The number of carboxylic acids is 1. The molecule has 0 aliphatic heterocycles. The number of nitrogens with two attached hydrogens (primary N) is 1. The van der Waals surface area contributed by atoms with Gasteiger partial charge in [-0.2, -0.15) is 0 Å². The first-order valence-electron chi connectivity index (χ1n) is 8.58. The lowest BCUT2D eigenvalue weighted by molar-refractivity contribution is -0.144. The van der Waals surface area contributed by atoms with Gasteiger partial charge in [-0.05, 0) is 11.1 Å². The SMILES string of the molecule is N[C@@H](COCc1ccccc1)C(=O)N[C@@H](COCc1ccccc1)C(=O)O. The fourth-order valence-electron chi connectivity index (χ4n) is 2.28. The number of carboxylic acid groups (broad SMARTS) is 1. The molecule has 0 heterocycles. The summed E-state index contributed by atoms with van der Waals surface area (Å²) < 4.78 is 10.8. The van der Waals surface area contributed by atoms with E-state index < -0.39 is 24.0 Å². The number of rotatable bonds is 11. The normalized spacial score (nSPS) is 12.9. The molecule has 2 aromatic rings. The van der Waals surface area contributed by atoms with Crippen LogP contribution in [0.2, 0.25) is 0 Å². The van der Waals surface area contributed by atoms with Gasteiger partial charge >= 0.3 is 5.97 Å². The third-order valence-electron chi connectivity index (χ3n) is 3.76. The van der Waals surface area contributed by atoms with Gasteiger partial charge in [0, 0.05) is 0 Å². The van der Waals surface area contributed by atoms with Crippen molar-refractivity contribution in [2.75, 3.05) is 13.2 Å². The van der Waals surface area contributed by atoms with Crippen LogP contribution >= 0.6 is 0 Å². The van der Waals surface area contributed by atoms with E-state index in [1.54, 1.807) is 0 Å². The van der Waals surface area contributed by atoms with Crippen molar-refractivity contribution in [1.29, 1.82) is 0 Å². The molecule has 0 aliphatic carbocycles. The molecular weight excluding hydrogens is 348 g/mol. The van der Waals surface area contributed by atoms with E-state index in [1.165, 1.54) is 0 Å². The summed E-state index contributed by atoms with van der Waals surface area (Å²) in [6.45, 7) is 0.405. The van der Waals surface area contributed by atoms with Gasteiger partial charge in [0.2, 0.25) is 5.91 Å². The van der Waals surface area contributed by atoms with Crippen LogP contribution in [0.5, 0.6) is 0 Å². The number of ether oxygens (including phenoxy) is 2. The lowest BCUT2D eigenvalue weighted by Gasteiger charge is -2.18. The van der Waals surface area contributed by atoms with Crippen LogP contribution in [0.25, 0.3) is 0 Å². The minimum Gasteiger partial charge on any atom is -0.480 e. The maximum atomic E-state index is 12.1. The number of nitrogens with one attached hydrogen (secondary N) is 1. The van der Waals surface area contributed by atoms with Crippen LogP contribution in [0, 0.1) is 0 Å². The van der Waals surface area contributed by atoms with Crippen molar-refractivity contribution in [2.45, 2.75) is 25.3 Å². The van der Waals surface area contributed by atoms with Gasteiger partial charge in [-0.1, -0.05) is 60.7 Å². The molecule has 27 heavy (non-hydrogen) atoms. The quantitative estimate of drug-likeness (QED) is 0.549. The second-order valence-electron chi connectivity index (χ2n) is 6.01. The predicted molar refractivity (Wildman–Crippen MR) is 99.7 cm³/mol. The van der Waals surface area contributed by atoms with Gasteiger partial charge < -0.3 is 25.6 Å². The molecule has 4 N–H and O–H groups in total. The van der Waals surface area contributed by atoms with Gasteiger partial charge in [0.05, 0.1) is 26.4 Å². The number of aliphatic carboxylic acids is 1. The minimum absolute atomic E-state index is 0.0159. The molecule has 0 spiro atoms. The second kappa shape index (κ2) is 11.1. The Kier molecular flexibility index (Phi) is 8.44. The first kappa shape index (κ1) is 20.6. The van der Waals surface area contributed by atoms with Crippen LogP contribution in [0.15, 0.2) is 60.7 Å². The molecule has 0 fully saturated rings. The minimum atomic E-state index is -1.19. The van der Waals surface area contributed by atoms with Crippen LogP contribution in [0.3, 0.4) is 0 Å². The van der Waals surface area contributed by atoms with Crippen LogP contribution in [-0.2, 0) is 32.3 Å². The van der Waals surface area contributed by atoms with Crippen molar-refractivity contribution in [3.63, 3.8) is 0 Å². The number of amides is 1. The Bertz CT molecular complexity index is 709. The van der Waals surface area contributed by atoms with Crippen molar-refractivity contribution in [3.05, 3.63) is 71.8 Å². The molecule has 7 heteroatoms. The average molecular weight is 372 g/mol. The first-order valence-corrected chi connectivity index (χ1v) is 8.58. The van der Waals surface area contributed by atoms with Gasteiger partial charge in [0.1, 0.15) is 6.04 Å². The molecule has 0 unspecified atom stereocenters. The summed E-state index contributed by atoms with van der Waals surface area (Å²) in [6.07, 6.45) is 0. The van der Waals surface area contributed by atoms with Gasteiger partial charge in [0.15, 0.2) is 6.04 Å². The van der Waals surface area contributed by atoms with Crippen molar-refractivity contribution >= 4 is 11.9 Å². The molecule has 2 rings (SSSR count). The summed E-state index contributed by atoms with van der Waals surface area (Å²) >= 11 is 0. The van der Waals surface area contributed by atoms with E-state index in [0.717, 1.165) is 11.1 Å². The highest BCUT2D eigenvalue weighted by Crippen LogP contribution is 2.02. The zero-order valence-corrected chi connectivity index (χ0v) is 14.9. The van der Waals surface area contributed by atoms with E-state index in [2.05, 4.69) is 5.32 Å². The number of hydrogen-bond donors (Lipinski definition) is 3. The van der Waals surface area contributed by atoms with Crippen LogP contribution in [0.1, 0.15) is 11.1 Å². The van der Waals surface area contributed by atoms with Gasteiger partial charge in [-0.15, -0.1) is 0 Å². The van der Waals surface area contributed by atoms with Crippen molar-refractivity contribution in [2.24, 2.45) is 5.73 Å². The van der Waals surface area contributed by atoms with Gasteiger partial charge in [0.25, 0.3) is 0 Å². The molecule has 0 bridgehead atoms. The first-order chi connectivity index (χ1) is 13.1. The van der Waals surface area contributed by atoms with E-state index >= 15 is 0 Å². The maximum Gasteiger partial charge on any atom is 0.328 e. The highest BCUT2D eigenvalue weighted by Gasteiger charge is 2.23. The molecule has 2 atom stereocenters. The Morgan fingerprint density at radius 2 is 1.37 bits per heavy atom. The summed E-state index contributed by atoms with van der Waals surface area (Å²) in [5.74, 6) is -1.78. The van der Waals surface area contributed by atoms with Crippen molar-refractivity contribution in [1.82, 2.24) is 5.32 Å². The Morgan fingerprint density at radius 3 is 1.85 bits per heavy atom. The Labute approximate surface area is 158 Å². The molecule has 144 valence electrons. The topological polar surface area (TPSA) is 111 Å². The van der Waals surface area contributed by atoms with E-state index in [9.17, 15) is 14.7 Å². The number of carbonyl (C=O) groups is 2. The van der Waals surface area contributed by atoms with Gasteiger partial charge in [-0.25, -0.2) is 4.79 Å². The third-order valence-corrected chi connectivity index (χ3v) is 3.76. The average Bonchev–Trinajstić information content (AvgIpc) is 2.68. The molecular formula is C20H24N2O5. The van der Waals surface area contributed by atoms with E-state index in [4.69, 9.17) is 15.2 Å². The Balaban J connectivity index is 1.73. The number of carbonyl (C=O) groups excluding carboxylic acids is 1. The fraction of sp³-hybridized carbons (Fsp3) is 0.300. The highest BCUT2D eigenvalue weighted by atomic mass is 16.5. The second-order valence-corrected chi connectivity index (χ2v) is 6.01. The zero-order valence-electron chi connectivity index (χ0n) is 14.9. The van der Waals surface area contributed by atoms with Crippen LogP contribution in [0.4, 0.5) is 0 Å². The summed E-state index contributed by atoms with van der Waals surface area (Å²) in [4.78, 5) is 23.4. The molecule has 0 radical (unpaired) electrons. The molecule has 0 aromatic heterocycles. The summed E-state index contributed by atoms with van der Waals surface area (Å²) in [5.41, 5.74) is 7.66. The molecule has 7 nitrogen and oxygen atoms in total. The molecule has 0 saturated heterocycles. The number of benzene rings is 2. The summed E-state index contributed by atoms with van der Waals surface area (Å²) in [6, 6.07) is 16.7.